The van der Waals surface area contributed by atoms with E-state index in [0.717, 1.165) is 54.8 Å². The molecular weight excluding hydrogens is 673 g/mol. The minimum atomic E-state index is -2.43. The summed E-state index contributed by atoms with van der Waals surface area (Å²) in [5.41, 5.74) is 1.88. The summed E-state index contributed by atoms with van der Waals surface area (Å²) in [5.74, 6) is 0.320. The summed E-state index contributed by atoms with van der Waals surface area (Å²) in [6.07, 6.45) is 3.14. The van der Waals surface area contributed by atoms with E-state index in [9.17, 15) is 14.7 Å². The van der Waals surface area contributed by atoms with Gasteiger partial charge >= 0.3 is 0 Å². The smallest absolute Gasteiger partial charge is 0.264 e. The molecule has 0 aromatic heterocycles. The molecule has 3 aromatic carbocycles. The van der Waals surface area contributed by atoms with Crippen molar-refractivity contribution in [2.24, 2.45) is 11.8 Å². The molecular formula is C41H52N4O6Si. The van der Waals surface area contributed by atoms with Crippen LogP contribution in [-0.4, -0.2) is 81.3 Å². The van der Waals surface area contributed by atoms with Gasteiger partial charge in [0.2, 0.25) is 11.8 Å². The molecule has 0 radical (unpaired) electrons. The number of aliphatic hydroxyl groups is 1. The van der Waals surface area contributed by atoms with Gasteiger partial charge in [0.15, 0.2) is 5.60 Å². The van der Waals surface area contributed by atoms with E-state index in [2.05, 4.69) is 42.8 Å². The van der Waals surface area contributed by atoms with E-state index in [4.69, 9.17) is 9.47 Å². The predicted octanol–water partition coefficient (Wildman–Crippen LogP) is 4.77. The van der Waals surface area contributed by atoms with E-state index < -0.39 is 19.8 Å². The number of piperidine rings is 1. The van der Waals surface area contributed by atoms with Crippen LogP contribution in [0.15, 0.2) is 72.8 Å². The molecule has 11 heteroatoms. The molecule has 0 bridgehead atoms. The Balaban J connectivity index is 1.22. The zero-order valence-electron chi connectivity index (χ0n) is 30.8. The number of rotatable bonds is 10. The number of methoxy groups -OCH3 is 1. The fourth-order valence-corrected chi connectivity index (χ4v) is 13.5. The maximum Gasteiger partial charge on any atom is 0.264 e. The van der Waals surface area contributed by atoms with Gasteiger partial charge in [0.25, 0.3) is 5.91 Å². The van der Waals surface area contributed by atoms with E-state index in [-0.39, 0.29) is 54.2 Å². The summed E-state index contributed by atoms with van der Waals surface area (Å²) in [6, 6.07) is 23.7. The monoisotopic (exact) mass is 724 g/mol. The van der Waals surface area contributed by atoms with Crippen molar-refractivity contribution in [3.63, 3.8) is 0 Å². The summed E-state index contributed by atoms with van der Waals surface area (Å²) < 4.78 is 12.7. The highest BCUT2D eigenvalue weighted by Gasteiger charge is 2.66. The Morgan fingerprint density at radius 3 is 2.58 bits per heavy atom. The van der Waals surface area contributed by atoms with Crippen LogP contribution in [0.4, 0.5) is 11.4 Å². The van der Waals surface area contributed by atoms with Gasteiger partial charge in [0.1, 0.15) is 5.75 Å². The van der Waals surface area contributed by atoms with Gasteiger partial charge in [0, 0.05) is 30.3 Å². The molecule has 0 aliphatic carbocycles. The minimum Gasteiger partial charge on any atom is -0.497 e. The van der Waals surface area contributed by atoms with Gasteiger partial charge in [-0.2, -0.15) is 0 Å². The average Bonchev–Trinajstić information content (AvgIpc) is 3.83. The minimum absolute atomic E-state index is 0.00795. The van der Waals surface area contributed by atoms with Crippen molar-refractivity contribution in [1.82, 2.24) is 10.2 Å². The summed E-state index contributed by atoms with van der Waals surface area (Å²) in [4.78, 5) is 45.8. The third-order valence-corrected chi connectivity index (χ3v) is 16.6. The molecule has 1 spiro atoms. The first kappa shape index (κ1) is 36.3. The lowest BCUT2D eigenvalue weighted by Gasteiger charge is -2.37. The number of hydrogen-bond donors (Lipinski definition) is 3. The third kappa shape index (κ3) is 6.46. The fraction of sp³-hybridized carbons (Fsp3) is 0.488. The van der Waals surface area contributed by atoms with Crippen LogP contribution in [0.25, 0.3) is 0 Å². The highest BCUT2D eigenvalue weighted by Crippen LogP contribution is 2.60. The van der Waals surface area contributed by atoms with Crippen molar-refractivity contribution < 1.29 is 29.0 Å². The van der Waals surface area contributed by atoms with E-state index >= 15 is 4.79 Å². The van der Waals surface area contributed by atoms with Crippen LogP contribution in [0.1, 0.15) is 50.2 Å². The van der Waals surface area contributed by atoms with Crippen molar-refractivity contribution in [1.29, 1.82) is 0 Å². The Bertz CT molecular complexity index is 1800. The number of nitrogens with one attached hydrogen (secondary N) is 2. The molecule has 7 rings (SSSR count). The molecule has 3 N–H and O–H groups in total. The third-order valence-electron chi connectivity index (χ3n) is 12.2. The maximum atomic E-state index is 15.1. The molecule has 6 atom stereocenters. The van der Waals surface area contributed by atoms with E-state index in [1.165, 1.54) is 5.19 Å². The number of anilines is 2. The van der Waals surface area contributed by atoms with Crippen LogP contribution in [-0.2, 0) is 31.3 Å². The Labute approximate surface area is 307 Å². The van der Waals surface area contributed by atoms with Crippen molar-refractivity contribution in [3.05, 3.63) is 83.9 Å². The second-order valence-corrected chi connectivity index (χ2v) is 20.3. The number of likely N-dealkylation sites (tertiary alicyclic amines) is 1. The first-order valence-electron chi connectivity index (χ1n) is 18.8. The number of carbonyl (C=O) groups excluding carboxylic acids is 3. The number of carbonyl (C=O) groups is 3. The van der Waals surface area contributed by atoms with Crippen molar-refractivity contribution >= 4 is 42.4 Å². The Kier molecular flexibility index (Phi) is 10.3. The average molecular weight is 725 g/mol. The van der Waals surface area contributed by atoms with Gasteiger partial charge in [-0.3, -0.25) is 14.4 Å². The van der Waals surface area contributed by atoms with Crippen LogP contribution in [0.3, 0.4) is 0 Å². The van der Waals surface area contributed by atoms with E-state index in [1.807, 2.05) is 70.5 Å². The second kappa shape index (κ2) is 14.8. The molecule has 4 aliphatic rings. The number of fused-ring (bicyclic) bond motifs is 2. The molecule has 3 amide bonds. The van der Waals surface area contributed by atoms with Crippen molar-refractivity contribution in [3.8, 4) is 5.75 Å². The molecule has 3 aromatic rings. The molecule has 3 saturated heterocycles. The second-order valence-electron chi connectivity index (χ2n) is 15.6. The summed E-state index contributed by atoms with van der Waals surface area (Å²) in [7, 11) is -0.777. The summed E-state index contributed by atoms with van der Waals surface area (Å²) in [5, 5.41) is 17.7. The van der Waals surface area contributed by atoms with Crippen LogP contribution in [0, 0.1) is 11.8 Å². The van der Waals surface area contributed by atoms with Gasteiger partial charge in [-0.15, -0.1) is 0 Å². The fourth-order valence-electron chi connectivity index (χ4n) is 9.52. The van der Waals surface area contributed by atoms with Crippen LogP contribution in [0.5, 0.6) is 5.75 Å². The Morgan fingerprint density at radius 2 is 1.85 bits per heavy atom. The van der Waals surface area contributed by atoms with Gasteiger partial charge in [0.05, 0.1) is 58.5 Å². The zero-order valence-corrected chi connectivity index (χ0v) is 31.8. The molecule has 1 unspecified atom stereocenters. The number of benzene rings is 3. The molecule has 0 saturated carbocycles. The molecule has 3 fully saturated rings. The molecule has 52 heavy (non-hydrogen) atoms. The normalized spacial score (nSPS) is 27.2. The number of para-hydroxylation sites is 1. The molecule has 276 valence electrons. The zero-order chi connectivity index (χ0) is 36.6. The van der Waals surface area contributed by atoms with Gasteiger partial charge in [-0.25, -0.2) is 0 Å². The van der Waals surface area contributed by atoms with Crippen LogP contribution in [0.2, 0.25) is 18.6 Å². The first-order valence-corrected chi connectivity index (χ1v) is 21.9. The highest BCUT2D eigenvalue weighted by atomic mass is 28.3. The Hall–Kier alpha value is -4.03. The van der Waals surface area contributed by atoms with Gasteiger partial charge in [-0.1, -0.05) is 67.7 Å². The largest absolute Gasteiger partial charge is 0.497 e. The summed E-state index contributed by atoms with van der Waals surface area (Å²) >= 11 is 0. The predicted molar refractivity (Wildman–Crippen MR) is 204 cm³/mol. The number of aliphatic hydroxyl groups excluding tert-OH is 1. The number of amides is 3. The summed E-state index contributed by atoms with van der Waals surface area (Å²) in [6.45, 7) is 9.25. The number of hydrogen-bond acceptors (Lipinski definition) is 7. The maximum absolute atomic E-state index is 15.1. The quantitative estimate of drug-likeness (QED) is 0.258. The lowest BCUT2D eigenvalue weighted by Crippen LogP contribution is -2.52. The molecule has 4 aliphatic heterocycles. The SMILES string of the molecule is COc1ccc([Si](C)(C)[C@@H]2[C@@H](CC(=O)N3CCC[C@H]3CO)O[C@]3(C(=O)N(Cc4cccc(NC(=O)C5CCCNC5)c4)c4ccccc43)[C@H]2C)cc1. The number of nitrogens with zero attached hydrogens (tertiary/aromatic N) is 2. The lowest BCUT2D eigenvalue weighted by molar-refractivity contribution is -0.150. The highest BCUT2D eigenvalue weighted by molar-refractivity contribution is 6.91. The van der Waals surface area contributed by atoms with Crippen molar-refractivity contribution in [2.75, 3.05) is 43.6 Å². The van der Waals surface area contributed by atoms with E-state index in [1.54, 1.807) is 7.11 Å². The van der Waals surface area contributed by atoms with Crippen LogP contribution >= 0.6 is 0 Å². The van der Waals surface area contributed by atoms with Gasteiger partial charge in [-0.05, 0) is 73.7 Å². The number of ether oxygens (including phenoxy) is 2. The topological polar surface area (TPSA) is 120 Å². The molecule has 10 nitrogen and oxygen atoms in total. The van der Waals surface area contributed by atoms with Crippen LogP contribution < -0.4 is 25.5 Å². The van der Waals surface area contributed by atoms with Crippen molar-refractivity contribution in [2.45, 2.75) is 82.0 Å². The van der Waals surface area contributed by atoms with Gasteiger partial charge < -0.3 is 35.0 Å². The van der Waals surface area contributed by atoms with E-state index in [0.29, 0.717) is 25.3 Å². The Morgan fingerprint density at radius 1 is 1.06 bits per heavy atom. The first-order chi connectivity index (χ1) is 25.1. The lowest BCUT2D eigenvalue weighted by atomic mass is 9.82. The standard InChI is InChI=1S/C41H52N4O6Si/c1-27-38(52(3,4)33-18-16-32(50-2)17-19-33)36(23-37(47)44-21-9-13-31(44)26-46)51-41(27)34-14-5-6-15-35(34)45(40(41)49)25-28-10-7-12-30(22-28)43-39(48)29-11-8-20-42-24-29/h5-7,10,12,14-19,22,27,29,31,36,38,42,46H,8-9,11,13,20-21,23-26H2,1-4H3,(H,43,48)/t27-,29?,31-,36+,38-,41+/m0/s1. The molecule has 4 heterocycles.